The molecule has 0 saturated carbocycles. The first-order valence-electron chi connectivity index (χ1n) is 5.28. The Morgan fingerprint density at radius 2 is 1.94 bits per heavy atom. The molecule has 2 atom stereocenters. The van der Waals surface area contributed by atoms with Crippen molar-refractivity contribution in [2.45, 2.75) is 12.2 Å². The van der Waals surface area contributed by atoms with Crippen LogP contribution in [0.2, 0.25) is 0 Å². The molecule has 6 heteroatoms. The van der Waals surface area contributed by atoms with Gasteiger partial charge in [0.25, 0.3) is 0 Å². The monoisotopic (exact) mass is 252 g/mol. The highest BCUT2D eigenvalue weighted by Crippen LogP contribution is 2.22. The quantitative estimate of drug-likeness (QED) is 0.682. The van der Waals surface area contributed by atoms with Crippen molar-refractivity contribution >= 4 is 5.97 Å². The number of hydrogen-bond acceptors (Lipinski definition) is 6. The third kappa shape index (κ3) is 2.38. The van der Waals surface area contributed by atoms with Crippen molar-refractivity contribution in [3.05, 3.63) is 41.9 Å². The van der Waals surface area contributed by atoms with Gasteiger partial charge in [-0.2, -0.15) is 0 Å². The Morgan fingerprint density at radius 3 is 2.50 bits per heavy atom. The van der Waals surface area contributed by atoms with Crippen molar-refractivity contribution in [2.24, 2.45) is 0 Å². The maximum absolute atomic E-state index is 10.9. The summed E-state index contributed by atoms with van der Waals surface area (Å²) in [6, 6.07) is 8.73. The van der Waals surface area contributed by atoms with E-state index in [-0.39, 0.29) is 6.61 Å². The molecule has 0 spiro atoms. The molecule has 0 saturated heterocycles. The molecule has 6 nitrogen and oxygen atoms in total. The average molecular weight is 252 g/mol. The highest BCUT2D eigenvalue weighted by molar-refractivity contribution is 5.89. The van der Waals surface area contributed by atoms with E-state index in [1.165, 1.54) is 0 Å². The Bertz CT molecular complexity index is 467. The molecule has 0 unspecified atom stereocenters. The molecule has 0 aliphatic carbocycles. The Kier molecular flexibility index (Phi) is 3.38. The number of benzene rings is 1. The Labute approximate surface area is 103 Å². The van der Waals surface area contributed by atoms with Gasteiger partial charge in [-0.1, -0.05) is 18.2 Å². The Hall–Kier alpha value is -2.21. The molecular formula is C12H12O6. The summed E-state index contributed by atoms with van der Waals surface area (Å²) >= 11 is 0. The van der Waals surface area contributed by atoms with Crippen molar-refractivity contribution in [3.63, 3.8) is 0 Å². The van der Waals surface area contributed by atoms with Crippen molar-refractivity contribution in [2.75, 3.05) is 6.61 Å². The summed E-state index contributed by atoms with van der Waals surface area (Å²) in [6.45, 7) is -0.181. The first-order valence-corrected chi connectivity index (χ1v) is 5.28. The van der Waals surface area contributed by atoms with Crippen LogP contribution in [0.4, 0.5) is 0 Å². The molecular weight excluding hydrogens is 240 g/mol. The van der Waals surface area contributed by atoms with Crippen LogP contribution in [0.25, 0.3) is 0 Å². The molecule has 0 aromatic heterocycles. The van der Waals surface area contributed by atoms with Gasteiger partial charge in [-0.05, 0) is 12.1 Å². The second kappa shape index (κ2) is 4.97. The van der Waals surface area contributed by atoms with Crippen LogP contribution in [0.1, 0.15) is 0 Å². The Balaban J connectivity index is 1.94. The smallest absolute Gasteiger partial charge is 0.377 e. The standard InChI is InChI=1S/C12H12O6/c13-8(6-17-7-4-2-1-3-5-7)11-9(14)10(15)12(16)18-11/h1-5,8,11,13-15H,6H2/t8-,11+/m0/s1. The second-order valence-electron chi connectivity index (χ2n) is 3.75. The van der Waals surface area contributed by atoms with Gasteiger partial charge in [0.05, 0.1) is 0 Å². The summed E-state index contributed by atoms with van der Waals surface area (Å²) in [7, 11) is 0. The van der Waals surface area contributed by atoms with E-state index in [1.54, 1.807) is 24.3 Å². The van der Waals surface area contributed by atoms with Crippen molar-refractivity contribution in [1.82, 2.24) is 0 Å². The van der Waals surface area contributed by atoms with Gasteiger partial charge >= 0.3 is 5.97 Å². The van der Waals surface area contributed by atoms with Gasteiger partial charge in [-0.15, -0.1) is 0 Å². The number of cyclic esters (lactones) is 1. The van der Waals surface area contributed by atoms with Crippen LogP contribution >= 0.6 is 0 Å². The van der Waals surface area contributed by atoms with Crippen LogP contribution in [0.5, 0.6) is 5.75 Å². The SMILES string of the molecule is O=C1O[C@H]([C@@H](O)COc2ccccc2)C(O)=C1O. The van der Waals surface area contributed by atoms with Gasteiger partial charge in [0.15, 0.2) is 11.9 Å². The van der Waals surface area contributed by atoms with E-state index in [0.29, 0.717) is 5.75 Å². The second-order valence-corrected chi connectivity index (χ2v) is 3.75. The van der Waals surface area contributed by atoms with Crippen LogP contribution < -0.4 is 4.74 Å². The molecule has 3 N–H and O–H groups in total. The summed E-state index contributed by atoms with van der Waals surface area (Å²) in [6.07, 6.45) is -2.56. The van der Waals surface area contributed by atoms with Crippen molar-refractivity contribution in [3.8, 4) is 5.75 Å². The molecule has 18 heavy (non-hydrogen) atoms. The summed E-state index contributed by atoms with van der Waals surface area (Å²) < 4.78 is 9.84. The maximum Gasteiger partial charge on any atom is 0.377 e. The van der Waals surface area contributed by atoms with Crippen LogP contribution in [0.3, 0.4) is 0 Å². The molecule has 0 bridgehead atoms. The molecule has 96 valence electrons. The highest BCUT2D eigenvalue weighted by atomic mass is 16.6. The Morgan fingerprint density at radius 1 is 1.28 bits per heavy atom. The number of rotatable bonds is 4. The van der Waals surface area contributed by atoms with E-state index in [1.807, 2.05) is 6.07 Å². The van der Waals surface area contributed by atoms with E-state index in [2.05, 4.69) is 4.74 Å². The minimum Gasteiger partial charge on any atom is -0.505 e. The van der Waals surface area contributed by atoms with Crippen LogP contribution in [-0.2, 0) is 9.53 Å². The minimum absolute atomic E-state index is 0.181. The van der Waals surface area contributed by atoms with Crippen molar-refractivity contribution < 1.29 is 29.6 Å². The zero-order valence-corrected chi connectivity index (χ0v) is 9.31. The number of carbonyl (C=O) groups is 1. The fourth-order valence-corrected chi connectivity index (χ4v) is 1.51. The molecule has 2 rings (SSSR count). The lowest BCUT2D eigenvalue weighted by atomic mass is 10.2. The maximum atomic E-state index is 10.9. The first kappa shape index (κ1) is 12.3. The first-order chi connectivity index (χ1) is 8.59. The van der Waals surface area contributed by atoms with E-state index in [9.17, 15) is 15.0 Å². The van der Waals surface area contributed by atoms with E-state index < -0.39 is 29.7 Å². The zero-order chi connectivity index (χ0) is 13.1. The molecule has 1 aliphatic heterocycles. The number of esters is 1. The summed E-state index contributed by atoms with van der Waals surface area (Å²) in [5.74, 6) is -2.08. The molecule has 1 aromatic carbocycles. The summed E-state index contributed by atoms with van der Waals surface area (Å²) in [5.41, 5.74) is 0. The van der Waals surface area contributed by atoms with Crippen LogP contribution in [0, 0.1) is 0 Å². The van der Waals surface area contributed by atoms with E-state index in [4.69, 9.17) is 9.84 Å². The predicted molar refractivity (Wildman–Crippen MR) is 60.1 cm³/mol. The molecule has 1 aliphatic rings. The molecule has 0 radical (unpaired) electrons. The van der Waals surface area contributed by atoms with Gasteiger partial charge in [-0.3, -0.25) is 0 Å². The van der Waals surface area contributed by atoms with E-state index >= 15 is 0 Å². The van der Waals surface area contributed by atoms with Crippen LogP contribution in [-0.4, -0.2) is 40.1 Å². The molecule has 0 amide bonds. The van der Waals surface area contributed by atoms with Gasteiger partial charge in [-0.25, -0.2) is 4.79 Å². The average Bonchev–Trinajstić information content (AvgIpc) is 2.65. The predicted octanol–water partition coefficient (Wildman–Crippen LogP) is 0.679. The lowest BCUT2D eigenvalue weighted by Crippen LogP contribution is -2.33. The van der Waals surface area contributed by atoms with Gasteiger partial charge in [0, 0.05) is 0 Å². The van der Waals surface area contributed by atoms with E-state index in [0.717, 1.165) is 0 Å². The zero-order valence-electron chi connectivity index (χ0n) is 9.31. The summed E-state index contributed by atoms with van der Waals surface area (Å²) in [4.78, 5) is 10.9. The molecule has 1 aromatic rings. The highest BCUT2D eigenvalue weighted by Gasteiger charge is 2.39. The van der Waals surface area contributed by atoms with Crippen molar-refractivity contribution in [1.29, 1.82) is 0 Å². The fraction of sp³-hybridized carbons (Fsp3) is 0.250. The topological polar surface area (TPSA) is 96.2 Å². The fourth-order valence-electron chi connectivity index (χ4n) is 1.51. The largest absolute Gasteiger partial charge is 0.505 e. The number of hydrogen-bond donors (Lipinski definition) is 3. The lowest BCUT2D eigenvalue weighted by Gasteiger charge is -2.17. The summed E-state index contributed by atoms with van der Waals surface area (Å²) in [5, 5.41) is 28.1. The van der Waals surface area contributed by atoms with Gasteiger partial charge in [0.1, 0.15) is 18.5 Å². The lowest BCUT2D eigenvalue weighted by molar-refractivity contribution is -0.147. The van der Waals surface area contributed by atoms with Crippen LogP contribution in [0.15, 0.2) is 41.9 Å². The normalized spacial score (nSPS) is 20.7. The third-order valence-corrected chi connectivity index (χ3v) is 2.45. The van der Waals surface area contributed by atoms with Gasteiger partial charge < -0.3 is 24.8 Å². The number of aliphatic hydroxyl groups excluding tert-OH is 3. The third-order valence-electron chi connectivity index (χ3n) is 2.45. The molecule has 1 heterocycles. The number of aliphatic hydroxyl groups is 3. The number of ether oxygens (including phenoxy) is 2. The minimum atomic E-state index is -1.29. The van der Waals surface area contributed by atoms with Gasteiger partial charge in [0.2, 0.25) is 5.76 Å². The number of carbonyl (C=O) groups excluding carboxylic acids is 1. The number of para-hydroxylation sites is 1. The molecule has 0 fully saturated rings.